The molecule has 0 bridgehead atoms. The second kappa shape index (κ2) is 4.93. The van der Waals surface area contributed by atoms with Gasteiger partial charge in [0.05, 0.1) is 11.6 Å². The molecule has 122 valence electrons. The standard InChI is InChI=1S/C22H19N3/c1-3-7-18-14(5-1)11-15-13-25-10-9-17-16-6-2-4-8-19(16)24-22(17)21(25)12-20(15)23-18/h1-8,11,21,24H,9-10,12-13H2. The smallest absolute Gasteiger partial charge is 0.0705 e. The van der Waals surface area contributed by atoms with Gasteiger partial charge in [0.2, 0.25) is 0 Å². The number of H-pyrrole nitrogens is 1. The van der Waals surface area contributed by atoms with Crippen LogP contribution in [0.1, 0.15) is 28.6 Å². The summed E-state index contributed by atoms with van der Waals surface area (Å²) in [4.78, 5) is 11.3. The van der Waals surface area contributed by atoms with Crippen LogP contribution in [-0.4, -0.2) is 21.4 Å². The van der Waals surface area contributed by atoms with Gasteiger partial charge in [-0.15, -0.1) is 0 Å². The minimum absolute atomic E-state index is 0.428. The second-order valence-corrected chi connectivity index (χ2v) is 7.29. The number of rotatable bonds is 0. The maximum Gasteiger partial charge on any atom is 0.0705 e. The van der Waals surface area contributed by atoms with Crippen molar-refractivity contribution in [1.82, 2.24) is 14.9 Å². The lowest BCUT2D eigenvalue weighted by molar-refractivity contribution is 0.157. The summed E-state index contributed by atoms with van der Waals surface area (Å²) in [5.41, 5.74) is 7.98. The zero-order chi connectivity index (χ0) is 16.4. The topological polar surface area (TPSA) is 31.9 Å². The maximum atomic E-state index is 4.99. The molecular formula is C22H19N3. The molecule has 25 heavy (non-hydrogen) atoms. The Kier molecular flexibility index (Phi) is 2.69. The van der Waals surface area contributed by atoms with E-state index in [2.05, 4.69) is 64.5 Å². The van der Waals surface area contributed by atoms with Crippen LogP contribution in [-0.2, 0) is 19.4 Å². The van der Waals surface area contributed by atoms with Crippen molar-refractivity contribution in [3.05, 3.63) is 77.1 Å². The third-order valence-corrected chi connectivity index (χ3v) is 5.92. The van der Waals surface area contributed by atoms with E-state index in [9.17, 15) is 0 Å². The van der Waals surface area contributed by atoms with Crippen molar-refractivity contribution < 1.29 is 0 Å². The number of nitrogens with one attached hydrogen (secondary N) is 1. The van der Waals surface area contributed by atoms with Gasteiger partial charge in [0, 0.05) is 47.2 Å². The first kappa shape index (κ1) is 13.6. The summed E-state index contributed by atoms with van der Waals surface area (Å²) >= 11 is 0. The van der Waals surface area contributed by atoms with Gasteiger partial charge in [-0.2, -0.15) is 0 Å². The molecule has 0 spiro atoms. The van der Waals surface area contributed by atoms with E-state index >= 15 is 0 Å². The Morgan fingerprint density at radius 3 is 2.92 bits per heavy atom. The SMILES string of the molecule is c1ccc2nc3c(cc2c1)CN1CCc2c([nH]c4ccccc24)C1C3. The van der Waals surface area contributed by atoms with E-state index in [1.54, 1.807) is 0 Å². The molecule has 3 heteroatoms. The van der Waals surface area contributed by atoms with E-state index in [1.165, 1.54) is 38.8 Å². The van der Waals surface area contributed by atoms with Gasteiger partial charge in [-0.3, -0.25) is 9.88 Å². The Bertz CT molecular complexity index is 1120. The summed E-state index contributed by atoms with van der Waals surface area (Å²) in [6, 6.07) is 19.9. The number of aromatic nitrogens is 2. The molecule has 6 rings (SSSR count). The lowest BCUT2D eigenvalue weighted by Crippen LogP contribution is -2.39. The highest BCUT2D eigenvalue weighted by molar-refractivity contribution is 5.85. The van der Waals surface area contributed by atoms with Gasteiger partial charge >= 0.3 is 0 Å². The fraction of sp³-hybridized carbons (Fsp3) is 0.227. The Hall–Kier alpha value is -2.65. The number of nitrogens with zero attached hydrogens (tertiary/aromatic N) is 2. The molecule has 2 aliphatic rings. The number of hydrogen-bond acceptors (Lipinski definition) is 2. The molecule has 2 aliphatic heterocycles. The van der Waals surface area contributed by atoms with Gasteiger partial charge in [-0.25, -0.2) is 0 Å². The van der Waals surface area contributed by atoms with Gasteiger partial charge in [0.1, 0.15) is 0 Å². The fourth-order valence-corrected chi connectivity index (χ4v) is 4.70. The summed E-state index contributed by atoms with van der Waals surface area (Å²) < 4.78 is 0. The summed E-state index contributed by atoms with van der Waals surface area (Å²) in [5.74, 6) is 0. The average Bonchev–Trinajstić information content (AvgIpc) is 3.04. The number of pyridine rings is 1. The molecule has 0 saturated carbocycles. The first-order valence-corrected chi connectivity index (χ1v) is 9.08. The van der Waals surface area contributed by atoms with Gasteiger partial charge in [0.15, 0.2) is 0 Å². The number of aromatic amines is 1. The second-order valence-electron chi connectivity index (χ2n) is 7.29. The van der Waals surface area contributed by atoms with Crippen LogP contribution < -0.4 is 0 Å². The molecule has 2 aromatic heterocycles. The molecule has 1 atom stereocenters. The average molecular weight is 325 g/mol. The Labute approximate surface area is 146 Å². The van der Waals surface area contributed by atoms with E-state index in [0.29, 0.717) is 6.04 Å². The zero-order valence-corrected chi connectivity index (χ0v) is 14.0. The highest BCUT2D eigenvalue weighted by Gasteiger charge is 2.34. The van der Waals surface area contributed by atoms with Gasteiger partial charge in [-0.1, -0.05) is 36.4 Å². The number of hydrogen-bond donors (Lipinski definition) is 1. The highest BCUT2D eigenvalue weighted by Crippen LogP contribution is 2.40. The molecule has 3 nitrogen and oxygen atoms in total. The van der Waals surface area contributed by atoms with Crippen molar-refractivity contribution in [2.75, 3.05) is 6.54 Å². The number of benzene rings is 2. The fourth-order valence-electron chi connectivity index (χ4n) is 4.70. The minimum Gasteiger partial charge on any atom is -0.357 e. The van der Waals surface area contributed by atoms with Gasteiger partial charge in [-0.05, 0) is 35.7 Å². The van der Waals surface area contributed by atoms with Crippen molar-refractivity contribution in [2.24, 2.45) is 0 Å². The van der Waals surface area contributed by atoms with E-state index in [-0.39, 0.29) is 0 Å². The van der Waals surface area contributed by atoms with E-state index in [0.717, 1.165) is 31.4 Å². The molecule has 4 heterocycles. The molecule has 0 radical (unpaired) electrons. The van der Waals surface area contributed by atoms with Crippen LogP contribution in [0.4, 0.5) is 0 Å². The van der Waals surface area contributed by atoms with Crippen LogP contribution in [0.25, 0.3) is 21.8 Å². The van der Waals surface area contributed by atoms with E-state index in [4.69, 9.17) is 4.98 Å². The van der Waals surface area contributed by atoms with Crippen molar-refractivity contribution in [3.63, 3.8) is 0 Å². The molecule has 2 aromatic carbocycles. The van der Waals surface area contributed by atoms with Crippen molar-refractivity contribution >= 4 is 21.8 Å². The van der Waals surface area contributed by atoms with Crippen molar-refractivity contribution in [3.8, 4) is 0 Å². The van der Waals surface area contributed by atoms with Crippen LogP contribution in [0.15, 0.2) is 54.6 Å². The molecule has 4 aromatic rings. The summed E-state index contributed by atoms with van der Waals surface area (Å²) in [5, 5.41) is 2.65. The van der Waals surface area contributed by atoms with Gasteiger partial charge < -0.3 is 4.98 Å². The van der Waals surface area contributed by atoms with Crippen molar-refractivity contribution in [1.29, 1.82) is 0 Å². The summed E-state index contributed by atoms with van der Waals surface area (Å²) in [6.07, 6.45) is 2.13. The monoisotopic (exact) mass is 325 g/mol. The minimum atomic E-state index is 0.428. The van der Waals surface area contributed by atoms with E-state index < -0.39 is 0 Å². The first-order valence-electron chi connectivity index (χ1n) is 9.08. The molecular weight excluding hydrogens is 306 g/mol. The Balaban J connectivity index is 1.50. The normalized spacial score (nSPS) is 19.6. The lowest BCUT2D eigenvalue weighted by atomic mass is 9.89. The molecule has 0 amide bonds. The van der Waals surface area contributed by atoms with E-state index in [1.807, 2.05) is 0 Å². The third kappa shape index (κ3) is 1.93. The van der Waals surface area contributed by atoms with Crippen LogP contribution in [0, 0.1) is 0 Å². The van der Waals surface area contributed by atoms with Crippen LogP contribution in [0.3, 0.4) is 0 Å². The third-order valence-electron chi connectivity index (χ3n) is 5.92. The Morgan fingerprint density at radius 1 is 1.04 bits per heavy atom. The highest BCUT2D eigenvalue weighted by atomic mass is 15.2. The van der Waals surface area contributed by atoms with Crippen LogP contribution in [0.2, 0.25) is 0 Å². The lowest BCUT2D eigenvalue weighted by Gasteiger charge is -2.39. The molecule has 1 unspecified atom stereocenters. The van der Waals surface area contributed by atoms with Crippen LogP contribution in [0.5, 0.6) is 0 Å². The number of para-hydroxylation sites is 2. The Morgan fingerprint density at radius 2 is 1.92 bits per heavy atom. The predicted molar refractivity (Wildman–Crippen MR) is 101 cm³/mol. The predicted octanol–water partition coefficient (Wildman–Crippen LogP) is 4.37. The molecule has 0 saturated heterocycles. The van der Waals surface area contributed by atoms with Gasteiger partial charge in [0.25, 0.3) is 0 Å². The maximum absolute atomic E-state index is 4.99. The first-order chi connectivity index (χ1) is 12.4. The molecule has 0 fully saturated rings. The number of fused-ring (bicyclic) bond motifs is 7. The van der Waals surface area contributed by atoms with Crippen LogP contribution >= 0.6 is 0 Å². The quantitative estimate of drug-likeness (QED) is 0.520. The zero-order valence-electron chi connectivity index (χ0n) is 14.0. The molecule has 0 aliphatic carbocycles. The largest absolute Gasteiger partial charge is 0.357 e. The summed E-state index contributed by atoms with van der Waals surface area (Å²) in [7, 11) is 0. The molecule has 1 N–H and O–H groups in total. The summed E-state index contributed by atoms with van der Waals surface area (Å²) in [6.45, 7) is 2.14. The van der Waals surface area contributed by atoms with Crippen molar-refractivity contribution in [2.45, 2.75) is 25.4 Å².